The molecule has 2 N–H and O–H groups in total. The Balaban J connectivity index is 1.83. The summed E-state index contributed by atoms with van der Waals surface area (Å²) < 4.78 is 6.31. The molecule has 0 bridgehead atoms. The van der Waals surface area contributed by atoms with E-state index in [1.807, 2.05) is 11.8 Å². The van der Waals surface area contributed by atoms with E-state index in [0.29, 0.717) is 6.04 Å². The molecule has 1 unspecified atom stereocenters. The first-order valence-electron chi connectivity index (χ1n) is 8.41. The van der Waals surface area contributed by atoms with Gasteiger partial charge in [-0.3, -0.25) is 5.14 Å². The van der Waals surface area contributed by atoms with Crippen LogP contribution in [0.5, 0.6) is 5.75 Å². The van der Waals surface area contributed by atoms with Crippen molar-refractivity contribution in [3.8, 4) is 5.75 Å². The number of hydrogen-bond acceptors (Lipinski definition) is 5. The fourth-order valence-corrected chi connectivity index (χ4v) is 5.42. The molecule has 1 aliphatic carbocycles. The van der Waals surface area contributed by atoms with Crippen LogP contribution in [-0.2, 0) is 0 Å². The van der Waals surface area contributed by atoms with Crippen LogP contribution in [-0.4, -0.2) is 17.4 Å². The highest BCUT2D eigenvalue weighted by molar-refractivity contribution is 8.16. The second-order valence-electron chi connectivity index (χ2n) is 6.07. The lowest BCUT2D eigenvalue weighted by Gasteiger charge is -2.36. The molecule has 0 saturated heterocycles. The van der Waals surface area contributed by atoms with Crippen molar-refractivity contribution < 1.29 is 4.74 Å². The number of nitrogens with zero attached hydrogens (tertiary/aromatic N) is 1. The molecule has 1 saturated carbocycles. The molecule has 1 aliphatic heterocycles. The molecule has 1 fully saturated rings. The van der Waals surface area contributed by atoms with E-state index in [0.717, 1.165) is 25.2 Å². The summed E-state index contributed by atoms with van der Waals surface area (Å²) in [5, 5.41) is 6.00. The number of benzene rings is 1. The van der Waals surface area contributed by atoms with E-state index < -0.39 is 0 Å². The molecule has 122 valence electrons. The molecule has 0 aromatic heterocycles. The first kappa shape index (κ1) is 16.3. The third kappa shape index (κ3) is 3.36. The lowest BCUT2D eigenvalue weighted by molar-refractivity contribution is 0.302. The van der Waals surface area contributed by atoms with Gasteiger partial charge in [0.2, 0.25) is 0 Å². The Kier molecular flexibility index (Phi) is 5.83. The summed E-state index contributed by atoms with van der Waals surface area (Å²) >= 11 is 3.32. The van der Waals surface area contributed by atoms with Crippen LogP contribution >= 0.6 is 23.7 Å². The average Bonchev–Trinajstić information content (AvgIpc) is 2.95. The third-order valence-electron chi connectivity index (χ3n) is 4.52. The Morgan fingerprint density at radius 2 is 2.14 bits per heavy atom. The van der Waals surface area contributed by atoms with E-state index in [2.05, 4.69) is 30.0 Å². The van der Waals surface area contributed by atoms with Gasteiger partial charge in [0.05, 0.1) is 17.2 Å². The van der Waals surface area contributed by atoms with Gasteiger partial charge in [0, 0.05) is 6.04 Å². The van der Waals surface area contributed by atoms with E-state index in [9.17, 15) is 0 Å². The maximum atomic E-state index is 6.02. The lowest BCUT2D eigenvalue weighted by atomic mass is 9.94. The number of anilines is 1. The molecule has 1 atom stereocenters. The number of rotatable bonds is 6. The number of nitrogens with two attached hydrogens (primary N) is 1. The maximum Gasteiger partial charge on any atom is 0.141 e. The molecule has 5 heteroatoms. The van der Waals surface area contributed by atoms with Gasteiger partial charge < -0.3 is 9.64 Å². The summed E-state index contributed by atoms with van der Waals surface area (Å²) in [6.45, 7) is 3.00. The Bertz CT molecular complexity index is 492. The van der Waals surface area contributed by atoms with Gasteiger partial charge in [-0.2, -0.15) is 0 Å². The van der Waals surface area contributed by atoms with Crippen molar-refractivity contribution in [2.45, 2.75) is 67.5 Å². The lowest BCUT2D eigenvalue weighted by Crippen LogP contribution is -2.39. The first-order valence-corrected chi connectivity index (χ1v) is 10.2. The minimum Gasteiger partial charge on any atom is -0.492 e. The van der Waals surface area contributed by atoms with Gasteiger partial charge in [-0.25, -0.2) is 0 Å². The quantitative estimate of drug-likeness (QED) is 0.583. The second-order valence-corrected chi connectivity index (χ2v) is 8.17. The molecule has 3 rings (SSSR count). The Morgan fingerprint density at radius 3 is 2.86 bits per heavy atom. The van der Waals surface area contributed by atoms with Gasteiger partial charge in [0.1, 0.15) is 10.5 Å². The Hall–Kier alpha value is -0.520. The molecular weight excluding hydrogens is 312 g/mol. The van der Waals surface area contributed by atoms with Crippen molar-refractivity contribution >= 4 is 29.4 Å². The number of ether oxygens (including phenoxy) is 1. The van der Waals surface area contributed by atoms with E-state index >= 15 is 0 Å². The van der Waals surface area contributed by atoms with Gasteiger partial charge in [-0.15, -0.1) is 0 Å². The number of thioether (sulfide) groups is 1. The zero-order chi connectivity index (χ0) is 15.4. The average molecular weight is 339 g/mol. The van der Waals surface area contributed by atoms with Crippen LogP contribution in [0.3, 0.4) is 0 Å². The number of unbranched alkanes of at least 4 members (excludes halogenated alkanes) is 1. The van der Waals surface area contributed by atoms with Crippen LogP contribution < -0.4 is 14.8 Å². The maximum absolute atomic E-state index is 6.02. The minimum atomic E-state index is 0.286. The van der Waals surface area contributed by atoms with Crippen molar-refractivity contribution in [3.63, 3.8) is 0 Å². The molecule has 1 aromatic carbocycles. The smallest absolute Gasteiger partial charge is 0.141 e. The molecular formula is C17H26N2OS2. The molecule has 0 spiro atoms. The number of fused-ring (bicyclic) bond motifs is 1. The molecule has 0 radical (unpaired) electrons. The molecule has 1 heterocycles. The number of hydrogen-bond donors (Lipinski definition) is 1. The largest absolute Gasteiger partial charge is 0.492 e. The van der Waals surface area contributed by atoms with Gasteiger partial charge in [-0.1, -0.05) is 50.4 Å². The van der Waals surface area contributed by atoms with Crippen LogP contribution in [0.1, 0.15) is 51.9 Å². The van der Waals surface area contributed by atoms with Crippen molar-refractivity contribution in [2.75, 3.05) is 11.5 Å². The molecule has 0 amide bonds. The summed E-state index contributed by atoms with van der Waals surface area (Å²) in [6, 6.07) is 7.10. The highest BCUT2D eigenvalue weighted by Crippen LogP contribution is 2.52. The molecule has 1 aromatic rings. The molecule has 22 heavy (non-hydrogen) atoms. The standard InChI is InChI=1S/C17H26N2OS2/c1-2-3-12-20-15-11-7-10-14-16(15)21-17(22-18)19(14)13-8-5-4-6-9-13/h7,10-11,13,17H,2-6,8-9,12,18H2,1H3. The topological polar surface area (TPSA) is 38.5 Å². The summed E-state index contributed by atoms with van der Waals surface area (Å²) in [6.07, 6.45) is 8.92. The van der Waals surface area contributed by atoms with Gasteiger partial charge in [0.25, 0.3) is 0 Å². The van der Waals surface area contributed by atoms with Gasteiger partial charge >= 0.3 is 0 Å². The second kappa shape index (κ2) is 7.84. The SMILES string of the molecule is CCCCOc1cccc2c1SC(SN)N2C1CCCCC1. The van der Waals surface area contributed by atoms with Gasteiger partial charge in [0.15, 0.2) is 0 Å². The van der Waals surface area contributed by atoms with Crippen LogP contribution in [0.15, 0.2) is 23.1 Å². The molecule has 3 nitrogen and oxygen atoms in total. The predicted molar refractivity (Wildman–Crippen MR) is 97.6 cm³/mol. The van der Waals surface area contributed by atoms with Crippen molar-refractivity contribution in [1.29, 1.82) is 0 Å². The van der Waals surface area contributed by atoms with E-state index in [1.165, 1.54) is 54.6 Å². The van der Waals surface area contributed by atoms with Gasteiger partial charge in [-0.05, 0) is 43.3 Å². The van der Waals surface area contributed by atoms with E-state index in [4.69, 9.17) is 9.88 Å². The van der Waals surface area contributed by atoms with Crippen molar-refractivity contribution in [2.24, 2.45) is 5.14 Å². The fraction of sp³-hybridized carbons (Fsp3) is 0.647. The highest BCUT2D eigenvalue weighted by atomic mass is 32.2. The van der Waals surface area contributed by atoms with Crippen molar-refractivity contribution in [1.82, 2.24) is 0 Å². The van der Waals surface area contributed by atoms with E-state index in [-0.39, 0.29) is 4.71 Å². The Morgan fingerprint density at radius 1 is 1.32 bits per heavy atom. The van der Waals surface area contributed by atoms with Crippen molar-refractivity contribution in [3.05, 3.63) is 18.2 Å². The summed E-state index contributed by atoms with van der Waals surface area (Å²) in [7, 11) is 0. The third-order valence-corrected chi connectivity index (χ3v) is 6.68. The normalized spacial score (nSPS) is 21.9. The zero-order valence-electron chi connectivity index (χ0n) is 13.3. The predicted octanol–water partition coefficient (Wildman–Crippen LogP) is 5.00. The summed E-state index contributed by atoms with van der Waals surface area (Å²) in [5.74, 6) is 1.04. The summed E-state index contributed by atoms with van der Waals surface area (Å²) in [5.41, 5.74) is 1.33. The van der Waals surface area contributed by atoms with Crippen LogP contribution in [0.2, 0.25) is 0 Å². The van der Waals surface area contributed by atoms with Crippen LogP contribution in [0.4, 0.5) is 5.69 Å². The molecule has 2 aliphatic rings. The summed E-state index contributed by atoms with van der Waals surface area (Å²) in [4.78, 5) is 3.84. The first-order chi connectivity index (χ1) is 10.8. The monoisotopic (exact) mass is 338 g/mol. The fourth-order valence-electron chi connectivity index (χ4n) is 3.36. The highest BCUT2D eigenvalue weighted by Gasteiger charge is 2.37. The van der Waals surface area contributed by atoms with Crippen LogP contribution in [0.25, 0.3) is 0 Å². The minimum absolute atomic E-state index is 0.286. The van der Waals surface area contributed by atoms with E-state index in [1.54, 1.807) is 0 Å². The Labute approximate surface area is 142 Å². The zero-order valence-corrected chi connectivity index (χ0v) is 14.9. The van der Waals surface area contributed by atoms with Crippen LogP contribution in [0, 0.1) is 0 Å².